The Morgan fingerprint density at radius 2 is 1.38 bits per heavy atom. The molecule has 0 saturated heterocycles. The Kier molecular flexibility index (Phi) is 5.44. The Morgan fingerprint density at radius 1 is 0.905 bits per heavy atom. The van der Waals surface area contributed by atoms with Gasteiger partial charge in [0, 0.05) is 40.1 Å². The van der Waals surface area contributed by atoms with Gasteiger partial charge in [-0.25, -0.2) is 0 Å². The number of nitrogens with zero attached hydrogens (tertiary/aromatic N) is 2. The minimum absolute atomic E-state index is 0.144. The van der Waals surface area contributed by atoms with Gasteiger partial charge in [-0.2, -0.15) is 0 Å². The zero-order valence-corrected chi connectivity index (χ0v) is 16.3. The maximum atomic E-state index is 2.79. The second-order valence-corrected chi connectivity index (χ2v) is 10.1. The summed E-state index contributed by atoms with van der Waals surface area (Å²) < 4.78 is 5.57. The van der Waals surface area contributed by atoms with E-state index in [2.05, 4.69) is 57.8 Å². The van der Waals surface area contributed by atoms with E-state index in [1.165, 1.54) is 45.4 Å². The second-order valence-electron chi connectivity index (χ2n) is 7.72. The highest BCUT2D eigenvalue weighted by Crippen LogP contribution is 2.73. The summed E-state index contributed by atoms with van der Waals surface area (Å²) in [6.45, 7) is 22.0. The van der Waals surface area contributed by atoms with Crippen molar-refractivity contribution >= 4 is 8.22 Å². The molecule has 0 N–H and O–H groups in total. The molecular formula is C18H37N2P. The predicted molar refractivity (Wildman–Crippen MR) is 95.8 cm³/mol. The van der Waals surface area contributed by atoms with Crippen LogP contribution in [0.15, 0.2) is 0 Å². The smallest absolute Gasteiger partial charge is 0.0432 e. The molecule has 2 rings (SSSR count). The van der Waals surface area contributed by atoms with Crippen molar-refractivity contribution in [3.05, 3.63) is 0 Å². The van der Waals surface area contributed by atoms with Gasteiger partial charge in [-0.1, -0.05) is 48.5 Å². The van der Waals surface area contributed by atoms with Crippen LogP contribution >= 0.6 is 8.22 Å². The van der Waals surface area contributed by atoms with Crippen molar-refractivity contribution in [1.29, 1.82) is 0 Å². The van der Waals surface area contributed by atoms with Crippen molar-refractivity contribution in [2.75, 3.05) is 26.2 Å². The first-order valence-electron chi connectivity index (χ1n) is 9.16. The summed E-state index contributed by atoms with van der Waals surface area (Å²) in [5.74, 6) is 0.962. The van der Waals surface area contributed by atoms with Gasteiger partial charge in [-0.15, -0.1) is 0 Å². The molecule has 2 aliphatic carbocycles. The minimum Gasteiger partial charge on any atom is -0.270 e. The molecule has 3 atom stereocenters. The largest absolute Gasteiger partial charge is 0.270 e. The molecule has 0 aromatic carbocycles. The van der Waals surface area contributed by atoms with E-state index in [1.54, 1.807) is 0 Å². The Morgan fingerprint density at radius 3 is 1.67 bits per heavy atom. The van der Waals surface area contributed by atoms with Crippen LogP contribution in [0, 0.1) is 16.7 Å². The van der Waals surface area contributed by atoms with E-state index in [0.717, 1.165) is 11.6 Å². The molecule has 3 heteroatoms. The van der Waals surface area contributed by atoms with Crippen LogP contribution in [0.3, 0.4) is 0 Å². The fourth-order valence-electron chi connectivity index (χ4n) is 5.11. The number of rotatable bonds is 7. The zero-order valence-electron chi connectivity index (χ0n) is 15.4. The van der Waals surface area contributed by atoms with Crippen LogP contribution in [-0.2, 0) is 0 Å². The molecule has 2 fully saturated rings. The third-order valence-corrected chi connectivity index (χ3v) is 10.7. The molecule has 2 bridgehead atoms. The molecule has 2 nitrogen and oxygen atoms in total. The van der Waals surface area contributed by atoms with Crippen LogP contribution < -0.4 is 0 Å². The molecule has 21 heavy (non-hydrogen) atoms. The average Bonchev–Trinajstić information content (AvgIpc) is 2.80. The van der Waals surface area contributed by atoms with Crippen LogP contribution in [0.2, 0.25) is 0 Å². The Bertz CT molecular complexity index is 337. The van der Waals surface area contributed by atoms with Gasteiger partial charge in [-0.3, -0.25) is 9.34 Å². The highest BCUT2D eigenvalue weighted by Gasteiger charge is 2.63. The molecule has 0 aromatic heterocycles. The van der Waals surface area contributed by atoms with Gasteiger partial charge in [-0.05, 0) is 36.0 Å². The molecule has 124 valence electrons. The summed E-state index contributed by atoms with van der Waals surface area (Å²) in [4.78, 5) is 0. The lowest BCUT2D eigenvalue weighted by atomic mass is 9.71. The average molecular weight is 312 g/mol. The summed E-state index contributed by atoms with van der Waals surface area (Å²) >= 11 is 0. The fourth-order valence-corrected chi connectivity index (χ4v) is 8.83. The monoisotopic (exact) mass is 312 g/mol. The zero-order chi connectivity index (χ0) is 15.8. The maximum absolute atomic E-state index is 2.79. The van der Waals surface area contributed by atoms with Crippen LogP contribution in [0.1, 0.15) is 67.7 Å². The number of hydrogen-bond donors (Lipinski definition) is 0. The Labute approximate surface area is 134 Å². The molecule has 2 aliphatic rings. The van der Waals surface area contributed by atoms with E-state index in [1.807, 2.05) is 0 Å². The quantitative estimate of drug-likeness (QED) is 0.596. The van der Waals surface area contributed by atoms with Crippen molar-refractivity contribution in [2.45, 2.75) is 73.4 Å². The van der Waals surface area contributed by atoms with Crippen molar-refractivity contribution in [3.63, 3.8) is 0 Å². The molecule has 0 amide bonds. The highest BCUT2D eigenvalue weighted by atomic mass is 31.1. The molecular weight excluding hydrogens is 275 g/mol. The van der Waals surface area contributed by atoms with E-state index in [9.17, 15) is 0 Å². The third-order valence-electron chi connectivity index (χ3n) is 7.07. The van der Waals surface area contributed by atoms with Crippen LogP contribution in [0.5, 0.6) is 0 Å². The summed E-state index contributed by atoms with van der Waals surface area (Å²) in [5.41, 5.74) is 1.99. The molecule has 0 aliphatic heterocycles. The molecule has 2 saturated carbocycles. The van der Waals surface area contributed by atoms with E-state index >= 15 is 0 Å². The lowest BCUT2D eigenvalue weighted by molar-refractivity contribution is 0.151. The van der Waals surface area contributed by atoms with Crippen LogP contribution in [-0.4, -0.2) is 41.2 Å². The van der Waals surface area contributed by atoms with E-state index in [-0.39, 0.29) is 8.22 Å². The predicted octanol–water partition coefficient (Wildman–Crippen LogP) is 5.20. The van der Waals surface area contributed by atoms with Gasteiger partial charge in [0.05, 0.1) is 0 Å². The van der Waals surface area contributed by atoms with E-state index in [4.69, 9.17) is 0 Å². The topological polar surface area (TPSA) is 6.48 Å². The summed E-state index contributed by atoms with van der Waals surface area (Å²) in [7, 11) is -0.144. The van der Waals surface area contributed by atoms with Crippen molar-refractivity contribution < 1.29 is 0 Å². The Balaban J connectivity index is 2.34. The summed E-state index contributed by atoms with van der Waals surface area (Å²) in [6, 6.07) is 0. The van der Waals surface area contributed by atoms with Crippen LogP contribution in [0.25, 0.3) is 0 Å². The number of fused-ring (bicyclic) bond motifs is 2. The van der Waals surface area contributed by atoms with Gasteiger partial charge in [0.25, 0.3) is 0 Å². The van der Waals surface area contributed by atoms with Gasteiger partial charge in [0.1, 0.15) is 0 Å². The van der Waals surface area contributed by atoms with Gasteiger partial charge in [0.2, 0.25) is 0 Å². The lowest BCUT2D eigenvalue weighted by Crippen LogP contribution is -2.42. The molecule has 0 heterocycles. The highest BCUT2D eigenvalue weighted by molar-refractivity contribution is 7.53. The first-order valence-corrected chi connectivity index (χ1v) is 10.5. The van der Waals surface area contributed by atoms with E-state index in [0.29, 0.717) is 10.8 Å². The van der Waals surface area contributed by atoms with Crippen molar-refractivity contribution in [3.8, 4) is 0 Å². The van der Waals surface area contributed by atoms with Gasteiger partial charge >= 0.3 is 0 Å². The second kappa shape index (κ2) is 6.46. The standard InChI is InChI=1S/C18H37N2P/c1-8-19(9-2)21(20(10-3)11-4)16-14-15-12-13-18(16,7)17(15,5)6/h15-16H,8-14H2,1-7H3/t15-,16+,18+/m0/s1. The lowest BCUT2D eigenvalue weighted by Gasteiger charge is -2.49. The molecule has 0 unspecified atom stereocenters. The normalized spacial score (nSPS) is 34.6. The van der Waals surface area contributed by atoms with Crippen molar-refractivity contribution in [1.82, 2.24) is 9.34 Å². The van der Waals surface area contributed by atoms with Crippen LogP contribution in [0.4, 0.5) is 0 Å². The van der Waals surface area contributed by atoms with Gasteiger partial charge in [0.15, 0.2) is 0 Å². The van der Waals surface area contributed by atoms with Crippen molar-refractivity contribution in [2.24, 2.45) is 16.7 Å². The first-order chi connectivity index (χ1) is 9.87. The summed E-state index contributed by atoms with van der Waals surface area (Å²) in [5, 5.41) is 0. The third kappa shape index (κ3) is 2.60. The summed E-state index contributed by atoms with van der Waals surface area (Å²) in [6.07, 6.45) is 4.40. The maximum Gasteiger partial charge on any atom is 0.0432 e. The van der Waals surface area contributed by atoms with E-state index < -0.39 is 0 Å². The fraction of sp³-hybridized carbons (Fsp3) is 1.00. The van der Waals surface area contributed by atoms with Gasteiger partial charge < -0.3 is 0 Å². The first kappa shape index (κ1) is 17.7. The number of hydrogen-bond acceptors (Lipinski definition) is 2. The Hall–Kier alpha value is 0.350. The molecule has 0 radical (unpaired) electrons. The minimum atomic E-state index is -0.144. The molecule has 0 spiro atoms. The SMILES string of the molecule is CCN(CC)P([C@@H]1C[C@@H]2CC[C@@]1(C)C2(C)C)N(CC)CC. The molecule has 0 aromatic rings.